The number of furan rings is 1. The van der Waals surface area contributed by atoms with Crippen molar-refractivity contribution in [1.29, 1.82) is 0 Å². The Morgan fingerprint density at radius 2 is 2.17 bits per heavy atom. The second kappa shape index (κ2) is 7.33. The van der Waals surface area contributed by atoms with Crippen LogP contribution in [-0.4, -0.2) is 33.5 Å². The third-order valence-corrected chi connectivity index (χ3v) is 5.56. The normalized spacial score (nSPS) is 17.1. The molecule has 1 N–H and O–H groups in total. The van der Waals surface area contributed by atoms with Gasteiger partial charge in [-0.3, -0.25) is 5.43 Å². The first-order valence-electron chi connectivity index (χ1n) is 9.90. The van der Waals surface area contributed by atoms with Gasteiger partial charge in [0.25, 0.3) is 0 Å². The molecule has 4 aromatic rings. The quantitative estimate of drug-likeness (QED) is 0.404. The highest BCUT2D eigenvalue weighted by Gasteiger charge is 2.18. The molecule has 3 aromatic heterocycles. The standard InChI is InChI=1S/C22H23N5O2/c1-14-10-16(15(2)27(14)12-17-6-5-9-28-17)11-25-26-22-21-20(23-13-24-22)18-7-3-4-8-19(18)29-21/h3-4,7-8,10-11,13,17H,5-6,9,12H2,1-2H3,(H,23,24,26)/b25-11-/t17-/m0/s1. The van der Waals surface area contributed by atoms with E-state index in [2.05, 4.69) is 45.0 Å². The van der Waals surface area contributed by atoms with Crippen LogP contribution in [0.3, 0.4) is 0 Å². The molecule has 1 aliphatic heterocycles. The van der Waals surface area contributed by atoms with Crippen LogP contribution >= 0.6 is 0 Å². The number of nitrogens with one attached hydrogen (secondary N) is 1. The molecule has 0 amide bonds. The molecular formula is C22H23N5O2. The average molecular weight is 389 g/mol. The predicted octanol–water partition coefficient (Wildman–Crippen LogP) is 4.42. The molecule has 0 unspecified atom stereocenters. The molecule has 1 aliphatic rings. The van der Waals surface area contributed by atoms with Crippen molar-refractivity contribution in [2.45, 2.75) is 39.3 Å². The van der Waals surface area contributed by atoms with Gasteiger partial charge in [0, 0.05) is 35.5 Å². The topological polar surface area (TPSA) is 77.5 Å². The molecule has 0 bridgehead atoms. The maximum Gasteiger partial charge on any atom is 0.197 e. The Labute approximate surface area is 168 Å². The van der Waals surface area contributed by atoms with E-state index in [9.17, 15) is 0 Å². The Morgan fingerprint density at radius 3 is 3.03 bits per heavy atom. The maximum absolute atomic E-state index is 5.93. The van der Waals surface area contributed by atoms with Crippen molar-refractivity contribution < 1.29 is 9.15 Å². The fraction of sp³-hybridized carbons (Fsp3) is 0.318. The first-order chi connectivity index (χ1) is 14.2. The van der Waals surface area contributed by atoms with Crippen molar-refractivity contribution >= 4 is 34.1 Å². The summed E-state index contributed by atoms with van der Waals surface area (Å²) in [4.78, 5) is 8.66. The number of para-hydroxylation sites is 1. The summed E-state index contributed by atoms with van der Waals surface area (Å²) in [6.07, 6.45) is 5.94. The smallest absolute Gasteiger partial charge is 0.197 e. The van der Waals surface area contributed by atoms with Crippen molar-refractivity contribution in [2.24, 2.45) is 5.10 Å². The van der Waals surface area contributed by atoms with E-state index in [0.29, 0.717) is 17.5 Å². The van der Waals surface area contributed by atoms with Gasteiger partial charge >= 0.3 is 0 Å². The van der Waals surface area contributed by atoms with Crippen LogP contribution in [0.4, 0.5) is 5.82 Å². The van der Waals surface area contributed by atoms with Crippen LogP contribution in [0, 0.1) is 13.8 Å². The lowest BCUT2D eigenvalue weighted by Crippen LogP contribution is -2.16. The molecule has 0 spiro atoms. The van der Waals surface area contributed by atoms with Crippen molar-refractivity contribution in [2.75, 3.05) is 12.0 Å². The van der Waals surface area contributed by atoms with Crippen molar-refractivity contribution in [3.63, 3.8) is 0 Å². The minimum atomic E-state index is 0.310. The zero-order chi connectivity index (χ0) is 19.8. The van der Waals surface area contributed by atoms with Gasteiger partial charge in [-0.2, -0.15) is 5.10 Å². The van der Waals surface area contributed by atoms with Gasteiger partial charge < -0.3 is 13.7 Å². The number of anilines is 1. The summed E-state index contributed by atoms with van der Waals surface area (Å²) in [6.45, 7) is 6.00. The van der Waals surface area contributed by atoms with Crippen molar-refractivity contribution in [3.05, 3.63) is 53.6 Å². The first kappa shape index (κ1) is 17.9. The number of hydrogen-bond donors (Lipinski definition) is 1. The van der Waals surface area contributed by atoms with E-state index in [1.807, 2.05) is 30.5 Å². The van der Waals surface area contributed by atoms with Crippen LogP contribution in [0.1, 0.15) is 29.8 Å². The molecule has 1 atom stereocenters. The molecule has 4 heterocycles. The molecular weight excluding hydrogens is 366 g/mol. The van der Waals surface area contributed by atoms with Gasteiger partial charge in [-0.05, 0) is 44.9 Å². The number of aryl methyl sites for hydroxylation is 1. The minimum absolute atomic E-state index is 0.310. The van der Waals surface area contributed by atoms with E-state index in [1.54, 1.807) is 0 Å². The molecule has 7 nitrogen and oxygen atoms in total. The molecule has 1 fully saturated rings. The summed E-state index contributed by atoms with van der Waals surface area (Å²) >= 11 is 0. The second-order valence-corrected chi connectivity index (χ2v) is 7.44. The Hall–Kier alpha value is -3.19. The van der Waals surface area contributed by atoms with E-state index in [0.717, 1.165) is 48.0 Å². The number of rotatable bonds is 5. The van der Waals surface area contributed by atoms with Crippen molar-refractivity contribution in [1.82, 2.24) is 14.5 Å². The van der Waals surface area contributed by atoms with Gasteiger partial charge in [-0.1, -0.05) is 12.1 Å². The average Bonchev–Trinajstić information content (AvgIpc) is 3.44. The van der Waals surface area contributed by atoms with E-state index < -0.39 is 0 Å². The van der Waals surface area contributed by atoms with Crippen LogP contribution < -0.4 is 5.43 Å². The van der Waals surface area contributed by atoms with E-state index in [-0.39, 0.29) is 0 Å². The third kappa shape index (κ3) is 3.27. The summed E-state index contributed by atoms with van der Waals surface area (Å²) in [7, 11) is 0. The number of ether oxygens (including phenoxy) is 1. The molecule has 0 saturated carbocycles. The summed E-state index contributed by atoms with van der Waals surface area (Å²) < 4.78 is 14.0. The molecule has 5 rings (SSSR count). The number of benzene rings is 1. The third-order valence-electron chi connectivity index (χ3n) is 5.56. The summed E-state index contributed by atoms with van der Waals surface area (Å²) in [5.74, 6) is 0.551. The second-order valence-electron chi connectivity index (χ2n) is 7.44. The van der Waals surface area contributed by atoms with E-state index >= 15 is 0 Å². The van der Waals surface area contributed by atoms with Crippen LogP contribution in [0.25, 0.3) is 22.1 Å². The van der Waals surface area contributed by atoms with Crippen LogP contribution in [0.5, 0.6) is 0 Å². The van der Waals surface area contributed by atoms with E-state index in [4.69, 9.17) is 9.15 Å². The number of nitrogens with zero attached hydrogens (tertiary/aromatic N) is 4. The Balaban J connectivity index is 1.39. The minimum Gasteiger partial charge on any atom is -0.450 e. The lowest BCUT2D eigenvalue weighted by atomic mass is 10.2. The van der Waals surface area contributed by atoms with Gasteiger partial charge in [-0.15, -0.1) is 0 Å². The lowest BCUT2D eigenvalue weighted by Gasteiger charge is -2.14. The monoisotopic (exact) mass is 389 g/mol. The largest absolute Gasteiger partial charge is 0.450 e. The molecule has 0 aliphatic carbocycles. The number of hydrogen-bond acceptors (Lipinski definition) is 6. The van der Waals surface area contributed by atoms with Gasteiger partial charge in [0.15, 0.2) is 11.4 Å². The maximum atomic E-state index is 5.93. The molecule has 7 heteroatoms. The van der Waals surface area contributed by atoms with E-state index in [1.165, 1.54) is 17.7 Å². The van der Waals surface area contributed by atoms with Gasteiger partial charge in [0.1, 0.15) is 17.4 Å². The molecule has 1 saturated heterocycles. The van der Waals surface area contributed by atoms with Crippen LogP contribution in [-0.2, 0) is 11.3 Å². The van der Waals surface area contributed by atoms with Crippen LogP contribution in [0.15, 0.2) is 46.2 Å². The zero-order valence-electron chi connectivity index (χ0n) is 16.6. The van der Waals surface area contributed by atoms with Gasteiger partial charge in [0.2, 0.25) is 0 Å². The molecule has 0 radical (unpaired) electrons. The Kier molecular flexibility index (Phi) is 4.52. The van der Waals surface area contributed by atoms with Crippen LogP contribution in [0.2, 0.25) is 0 Å². The lowest BCUT2D eigenvalue weighted by molar-refractivity contribution is 0.0962. The van der Waals surface area contributed by atoms with Gasteiger partial charge in [-0.25, -0.2) is 9.97 Å². The molecule has 1 aromatic carbocycles. The Morgan fingerprint density at radius 1 is 1.28 bits per heavy atom. The highest BCUT2D eigenvalue weighted by Crippen LogP contribution is 2.30. The summed E-state index contributed by atoms with van der Waals surface area (Å²) in [5, 5.41) is 5.38. The fourth-order valence-electron chi connectivity index (χ4n) is 4.00. The number of hydrazone groups is 1. The number of aromatic nitrogens is 3. The predicted molar refractivity (Wildman–Crippen MR) is 113 cm³/mol. The zero-order valence-corrected chi connectivity index (χ0v) is 16.6. The molecule has 29 heavy (non-hydrogen) atoms. The summed E-state index contributed by atoms with van der Waals surface area (Å²) in [5.41, 5.74) is 8.65. The van der Waals surface area contributed by atoms with Gasteiger partial charge in [0.05, 0.1) is 12.3 Å². The summed E-state index contributed by atoms with van der Waals surface area (Å²) in [6, 6.07) is 9.97. The fourth-order valence-corrected chi connectivity index (χ4v) is 4.00. The molecule has 148 valence electrons. The highest BCUT2D eigenvalue weighted by molar-refractivity contribution is 6.05. The number of fused-ring (bicyclic) bond motifs is 3. The Bertz CT molecular complexity index is 1200. The SMILES string of the molecule is Cc1cc(/C=N\Nc2ncnc3c2oc2ccccc23)c(C)n1C[C@@H]1CCCO1. The first-order valence-corrected chi connectivity index (χ1v) is 9.90. The van der Waals surface area contributed by atoms with Crippen molar-refractivity contribution in [3.8, 4) is 0 Å². The highest BCUT2D eigenvalue weighted by atomic mass is 16.5.